The van der Waals surface area contributed by atoms with Crippen LogP contribution in [-0.4, -0.2) is 31.2 Å². The number of hydrogen-bond acceptors (Lipinski definition) is 8. The predicted octanol–water partition coefficient (Wildman–Crippen LogP) is 2.97. The molecule has 3 aromatic heterocycles. The Morgan fingerprint density at radius 1 is 1.17 bits per heavy atom. The van der Waals surface area contributed by atoms with Crippen molar-refractivity contribution >= 4 is 17.3 Å². The molecule has 0 aliphatic rings. The number of aromatic nitrogens is 5. The normalized spacial score (nSPS) is 10.9. The molecule has 0 bridgehead atoms. The van der Waals surface area contributed by atoms with Crippen LogP contribution in [0.5, 0.6) is 5.88 Å². The van der Waals surface area contributed by atoms with Gasteiger partial charge < -0.3 is 14.7 Å². The van der Waals surface area contributed by atoms with Crippen molar-refractivity contribution in [3.8, 4) is 29.3 Å². The van der Waals surface area contributed by atoms with Crippen LogP contribution in [-0.2, 0) is 0 Å². The Morgan fingerprint density at radius 3 is 2.63 bits per heavy atom. The second-order valence-corrected chi connectivity index (χ2v) is 5.94. The summed E-state index contributed by atoms with van der Waals surface area (Å²) < 4.78 is 7.07. The molecule has 0 saturated carbocycles. The summed E-state index contributed by atoms with van der Waals surface area (Å²) >= 11 is 0. The molecule has 146 valence electrons. The van der Waals surface area contributed by atoms with Gasteiger partial charge in [0.15, 0.2) is 11.4 Å². The fourth-order valence-corrected chi connectivity index (χ4v) is 2.77. The number of fused-ring (bicyclic) bond motifs is 1. The predicted molar refractivity (Wildman–Crippen MR) is 105 cm³/mol. The largest absolute Gasteiger partial charge is 0.476 e. The number of rotatable bonds is 5. The Morgan fingerprint density at radius 2 is 1.97 bits per heavy atom. The molecule has 30 heavy (non-hydrogen) atoms. The molecule has 11 heteroatoms. The van der Waals surface area contributed by atoms with Gasteiger partial charge in [-0.15, -0.1) is 10.2 Å². The van der Waals surface area contributed by atoms with E-state index in [0.29, 0.717) is 11.3 Å². The van der Waals surface area contributed by atoms with E-state index in [1.807, 2.05) is 30.3 Å². The fraction of sp³-hybridized carbons (Fsp3) is 0.105. The Balaban J connectivity index is 1.83. The van der Waals surface area contributed by atoms with Gasteiger partial charge in [0.1, 0.15) is 17.8 Å². The van der Waals surface area contributed by atoms with Crippen LogP contribution in [0.25, 0.3) is 16.9 Å². The highest BCUT2D eigenvalue weighted by atomic mass is 16.5. The zero-order chi connectivity index (χ0) is 21.1. The number of H-pyrrole nitrogens is 2. The Hall–Kier alpha value is -4.77. The van der Waals surface area contributed by atoms with E-state index in [2.05, 4.69) is 30.3 Å². The van der Waals surface area contributed by atoms with Gasteiger partial charge in [0.05, 0.1) is 12.3 Å². The van der Waals surface area contributed by atoms with Crippen molar-refractivity contribution in [3.05, 3.63) is 58.1 Å². The maximum Gasteiger partial charge on any atom is 0.283 e. The number of ether oxygens (including phenoxy) is 1. The molecular weight excluding hydrogens is 386 g/mol. The molecule has 11 nitrogen and oxygen atoms in total. The number of hydrogen-bond donors (Lipinski definition) is 2. The summed E-state index contributed by atoms with van der Waals surface area (Å²) in [6.07, 6.45) is 0. The summed E-state index contributed by atoms with van der Waals surface area (Å²) in [6.45, 7) is 2.03. The number of azo groups is 1. The third kappa shape index (κ3) is 3.27. The first kappa shape index (κ1) is 18.6. The molecule has 0 aliphatic heterocycles. The number of imidazole rings is 1. The third-order valence-electron chi connectivity index (χ3n) is 4.07. The molecule has 4 rings (SSSR count). The van der Waals surface area contributed by atoms with Crippen molar-refractivity contribution in [1.29, 1.82) is 10.5 Å². The lowest BCUT2D eigenvalue weighted by atomic mass is 10.2. The molecule has 0 atom stereocenters. The number of aromatic amines is 2. The second-order valence-electron chi connectivity index (χ2n) is 5.94. The maximum absolute atomic E-state index is 12.6. The molecule has 0 unspecified atom stereocenters. The lowest BCUT2D eigenvalue weighted by Crippen LogP contribution is -2.12. The summed E-state index contributed by atoms with van der Waals surface area (Å²) in [5, 5.41) is 30.3. The van der Waals surface area contributed by atoms with Crippen molar-refractivity contribution in [1.82, 2.24) is 24.6 Å². The highest BCUT2D eigenvalue weighted by Crippen LogP contribution is 2.28. The van der Waals surface area contributed by atoms with E-state index < -0.39 is 5.56 Å². The van der Waals surface area contributed by atoms with Crippen LogP contribution in [0.3, 0.4) is 0 Å². The standard InChI is InChI=1S/C19H13N9O2/c1-2-30-18-16(25-26-19-22-13(9-20)14(10-21)23-19)17(29)24-15-8-12(27-28(15)18)11-6-4-3-5-7-11/h3-8H,2H2,1H3,(H,22,23)(H,24,29). The Kier molecular flexibility index (Phi) is 4.77. The lowest BCUT2D eigenvalue weighted by molar-refractivity contribution is 0.318. The van der Waals surface area contributed by atoms with Gasteiger partial charge in [-0.1, -0.05) is 30.3 Å². The van der Waals surface area contributed by atoms with Crippen LogP contribution in [0.15, 0.2) is 51.4 Å². The minimum atomic E-state index is -0.540. The van der Waals surface area contributed by atoms with E-state index in [1.165, 1.54) is 4.52 Å². The van der Waals surface area contributed by atoms with Crippen molar-refractivity contribution in [2.45, 2.75) is 6.92 Å². The van der Waals surface area contributed by atoms with Crippen molar-refractivity contribution in [2.75, 3.05) is 6.61 Å². The third-order valence-corrected chi connectivity index (χ3v) is 4.07. The van der Waals surface area contributed by atoms with Crippen molar-refractivity contribution in [2.24, 2.45) is 10.2 Å². The minimum absolute atomic E-state index is 0.0413. The van der Waals surface area contributed by atoms with E-state index in [9.17, 15) is 4.79 Å². The number of nitriles is 2. The van der Waals surface area contributed by atoms with Crippen LogP contribution in [0, 0.1) is 22.7 Å². The SMILES string of the molecule is CCOc1c(N=Nc2nc(C#N)c(C#N)[nH]2)c(=O)[nH]c2cc(-c3ccccc3)nn12. The van der Waals surface area contributed by atoms with Gasteiger partial charge in [0.25, 0.3) is 11.4 Å². The average Bonchev–Trinajstić information content (AvgIpc) is 3.37. The summed E-state index contributed by atoms with van der Waals surface area (Å²) in [5.74, 6) is 0.0187. The van der Waals surface area contributed by atoms with Crippen LogP contribution in [0.2, 0.25) is 0 Å². The topological polar surface area (TPSA) is 160 Å². The molecule has 0 radical (unpaired) electrons. The Bertz CT molecular complexity index is 1370. The zero-order valence-corrected chi connectivity index (χ0v) is 15.6. The van der Waals surface area contributed by atoms with Crippen LogP contribution >= 0.6 is 0 Å². The van der Waals surface area contributed by atoms with Gasteiger partial charge in [-0.2, -0.15) is 25.1 Å². The van der Waals surface area contributed by atoms with E-state index >= 15 is 0 Å². The molecule has 0 saturated heterocycles. The summed E-state index contributed by atoms with van der Waals surface area (Å²) in [6, 6.07) is 14.8. The second kappa shape index (κ2) is 7.69. The number of benzene rings is 1. The van der Waals surface area contributed by atoms with Crippen LogP contribution in [0.1, 0.15) is 18.3 Å². The van der Waals surface area contributed by atoms with Gasteiger partial charge in [-0.3, -0.25) is 4.79 Å². The fourth-order valence-electron chi connectivity index (χ4n) is 2.77. The average molecular weight is 399 g/mol. The Labute approximate surface area is 168 Å². The van der Waals surface area contributed by atoms with Gasteiger partial charge in [-0.25, -0.2) is 0 Å². The highest BCUT2D eigenvalue weighted by molar-refractivity contribution is 5.65. The van der Waals surface area contributed by atoms with Crippen LogP contribution in [0.4, 0.5) is 11.6 Å². The summed E-state index contributed by atoms with van der Waals surface area (Å²) in [7, 11) is 0. The van der Waals surface area contributed by atoms with E-state index in [4.69, 9.17) is 15.3 Å². The maximum atomic E-state index is 12.6. The molecule has 2 N–H and O–H groups in total. The molecule has 0 fully saturated rings. The zero-order valence-electron chi connectivity index (χ0n) is 15.6. The number of nitrogens with one attached hydrogen (secondary N) is 2. The van der Waals surface area contributed by atoms with E-state index in [-0.39, 0.29) is 35.5 Å². The van der Waals surface area contributed by atoms with E-state index in [0.717, 1.165) is 5.56 Å². The first-order chi connectivity index (χ1) is 14.6. The van der Waals surface area contributed by atoms with Gasteiger partial charge in [-0.05, 0) is 6.92 Å². The van der Waals surface area contributed by atoms with Gasteiger partial charge in [0.2, 0.25) is 11.6 Å². The molecule has 0 aliphatic carbocycles. The van der Waals surface area contributed by atoms with Gasteiger partial charge in [0, 0.05) is 11.6 Å². The first-order valence-electron chi connectivity index (χ1n) is 8.80. The molecule has 1 aromatic carbocycles. The van der Waals surface area contributed by atoms with Gasteiger partial charge >= 0.3 is 0 Å². The minimum Gasteiger partial charge on any atom is -0.476 e. The molecule has 3 heterocycles. The van der Waals surface area contributed by atoms with Crippen LogP contribution < -0.4 is 10.3 Å². The lowest BCUT2D eigenvalue weighted by Gasteiger charge is -2.07. The molecular formula is C19H13N9O2. The number of nitrogens with zero attached hydrogens (tertiary/aromatic N) is 7. The van der Waals surface area contributed by atoms with Crippen molar-refractivity contribution in [3.63, 3.8) is 0 Å². The van der Waals surface area contributed by atoms with E-state index in [1.54, 1.807) is 25.1 Å². The highest BCUT2D eigenvalue weighted by Gasteiger charge is 2.17. The summed E-state index contributed by atoms with van der Waals surface area (Å²) in [4.78, 5) is 21.7. The molecule has 4 aromatic rings. The van der Waals surface area contributed by atoms with Crippen molar-refractivity contribution < 1.29 is 4.74 Å². The molecule has 0 spiro atoms. The smallest absolute Gasteiger partial charge is 0.283 e. The summed E-state index contributed by atoms with van der Waals surface area (Å²) in [5.41, 5.74) is 1.13. The monoisotopic (exact) mass is 399 g/mol. The quantitative estimate of drug-likeness (QED) is 0.490. The first-order valence-corrected chi connectivity index (χ1v) is 8.80. The molecule has 0 amide bonds.